The summed E-state index contributed by atoms with van der Waals surface area (Å²) in [6.07, 6.45) is 4.33. The van der Waals surface area contributed by atoms with E-state index in [0.29, 0.717) is 6.54 Å². The second-order valence-electron chi connectivity index (χ2n) is 9.13. The first kappa shape index (κ1) is 24.2. The molecule has 35 heavy (non-hydrogen) atoms. The average Bonchev–Trinajstić information content (AvgIpc) is 3.31. The van der Waals surface area contributed by atoms with E-state index in [2.05, 4.69) is 121 Å². The minimum Gasteiger partial charge on any atom is -0.389 e. The van der Waals surface area contributed by atoms with E-state index in [9.17, 15) is 0 Å². The summed E-state index contributed by atoms with van der Waals surface area (Å²) < 4.78 is 3.90. The SMILES string of the molecule is C[C@@H](O)Cn1cc[n+](C)c1.c1ccc([B-](c2ccccc2)(c2ccccc2)c2ccccc2)cc1. The molecule has 0 saturated carbocycles. The Hall–Kier alpha value is -3.89. The lowest BCUT2D eigenvalue weighted by Gasteiger charge is -2.44. The number of rotatable bonds is 6. The van der Waals surface area contributed by atoms with Gasteiger partial charge in [0.1, 0.15) is 25.1 Å². The van der Waals surface area contributed by atoms with E-state index >= 15 is 0 Å². The molecule has 0 aliphatic heterocycles. The van der Waals surface area contributed by atoms with Crippen LogP contribution in [0.4, 0.5) is 0 Å². The summed E-state index contributed by atoms with van der Waals surface area (Å²) in [6, 6.07) is 43.5. The molecule has 0 saturated heterocycles. The van der Waals surface area contributed by atoms with Crippen molar-refractivity contribution < 1.29 is 9.67 Å². The summed E-state index contributed by atoms with van der Waals surface area (Å²) in [5.41, 5.74) is 5.36. The number of imidazole rings is 1. The van der Waals surface area contributed by atoms with Crippen LogP contribution in [0.25, 0.3) is 0 Å². The highest BCUT2D eigenvalue weighted by molar-refractivity contribution is 7.19. The van der Waals surface area contributed by atoms with Gasteiger partial charge in [-0.3, -0.25) is 0 Å². The highest BCUT2D eigenvalue weighted by atomic mass is 16.3. The van der Waals surface area contributed by atoms with Crippen LogP contribution >= 0.6 is 0 Å². The van der Waals surface area contributed by atoms with Gasteiger partial charge in [0.05, 0.1) is 13.2 Å². The third kappa shape index (κ3) is 5.61. The number of aryl methyl sites for hydroxylation is 1. The second-order valence-corrected chi connectivity index (χ2v) is 9.13. The Morgan fingerprint density at radius 3 is 1.26 bits per heavy atom. The fourth-order valence-corrected chi connectivity index (χ4v) is 5.04. The van der Waals surface area contributed by atoms with Crippen LogP contribution in [-0.2, 0) is 13.6 Å². The lowest BCUT2D eigenvalue weighted by molar-refractivity contribution is -0.671. The van der Waals surface area contributed by atoms with Crippen LogP contribution in [-0.4, -0.2) is 21.9 Å². The summed E-state index contributed by atoms with van der Waals surface area (Å²) in [7, 11) is 1.96. The van der Waals surface area contributed by atoms with E-state index in [4.69, 9.17) is 5.11 Å². The van der Waals surface area contributed by atoms with Gasteiger partial charge >= 0.3 is 0 Å². The summed E-state index contributed by atoms with van der Waals surface area (Å²) in [4.78, 5) is 0. The Bertz CT molecular complexity index is 1120. The van der Waals surface area contributed by atoms with Crippen molar-refractivity contribution >= 4 is 28.0 Å². The van der Waals surface area contributed by atoms with Gasteiger partial charge < -0.3 is 5.11 Å². The molecule has 0 aliphatic rings. The zero-order chi connectivity index (χ0) is 24.5. The minimum atomic E-state index is -1.22. The molecule has 0 unspecified atom stereocenters. The standard InChI is InChI=1S/C24H20B.C7H13N2O/c1-5-13-21(14-6-1)25(22-15-7-2-8-16-22,23-17-9-3-10-18-23)24-19-11-4-12-20-24;1-7(10)5-9-4-3-8(2)6-9/h1-20H;3-4,6-7,10H,5H2,1-2H3/q-1;+1/t;7-/m.1/s1. The molecule has 176 valence electrons. The van der Waals surface area contributed by atoms with Gasteiger partial charge in [0.2, 0.25) is 6.33 Å². The molecule has 1 N–H and O–H groups in total. The van der Waals surface area contributed by atoms with Gasteiger partial charge in [0.15, 0.2) is 0 Å². The fraction of sp³-hybridized carbons (Fsp3) is 0.129. The Balaban J connectivity index is 0.000000243. The predicted octanol–water partition coefficient (Wildman–Crippen LogP) is 2.76. The number of aliphatic hydroxyl groups excluding tert-OH is 1. The predicted molar refractivity (Wildman–Crippen MR) is 147 cm³/mol. The van der Waals surface area contributed by atoms with E-state index in [0.717, 1.165) is 0 Å². The summed E-state index contributed by atoms with van der Waals surface area (Å²) in [5, 5.41) is 8.98. The van der Waals surface area contributed by atoms with Crippen molar-refractivity contribution in [3.63, 3.8) is 0 Å². The topological polar surface area (TPSA) is 29.0 Å². The average molecular weight is 460 g/mol. The van der Waals surface area contributed by atoms with Gasteiger partial charge in [-0.2, -0.15) is 21.9 Å². The zero-order valence-corrected chi connectivity index (χ0v) is 20.5. The van der Waals surface area contributed by atoms with Crippen LogP contribution < -0.4 is 26.4 Å². The number of aliphatic hydroxyl groups is 1. The van der Waals surface area contributed by atoms with Gasteiger partial charge in [-0.05, 0) is 6.92 Å². The van der Waals surface area contributed by atoms with E-state index in [-0.39, 0.29) is 6.10 Å². The van der Waals surface area contributed by atoms with Crippen molar-refractivity contribution in [1.82, 2.24) is 4.57 Å². The number of hydrogen-bond donors (Lipinski definition) is 1. The lowest BCUT2D eigenvalue weighted by Crippen LogP contribution is -2.74. The van der Waals surface area contributed by atoms with Crippen molar-refractivity contribution in [3.05, 3.63) is 140 Å². The van der Waals surface area contributed by atoms with Gasteiger partial charge in [0.25, 0.3) is 0 Å². The fourth-order valence-electron chi connectivity index (χ4n) is 5.04. The van der Waals surface area contributed by atoms with Gasteiger partial charge in [0, 0.05) is 0 Å². The van der Waals surface area contributed by atoms with Crippen molar-refractivity contribution in [2.24, 2.45) is 7.05 Å². The van der Waals surface area contributed by atoms with Crippen molar-refractivity contribution in [3.8, 4) is 0 Å². The van der Waals surface area contributed by atoms with Crippen LogP contribution in [0.1, 0.15) is 6.92 Å². The first-order chi connectivity index (χ1) is 17.1. The Morgan fingerprint density at radius 1 is 0.657 bits per heavy atom. The summed E-state index contributed by atoms with van der Waals surface area (Å²) >= 11 is 0. The number of nitrogens with zero attached hydrogens (tertiary/aromatic N) is 2. The van der Waals surface area contributed by atoms with Crippen LogP contribution in [0.5, 0.6) is 0 Å². The molecule has 5 rings (SSSR count). The van der Waals surface area contributed by atoms with E-state index in [1.54, 1.807) is 6.92 Å². The molecular weight excluding hydrogens is 427 g/mol. The number of benzene rings is 4. The van der Waals surface area contributed by atoms with Crippen molar-refractivity contribution in [1.29, 1.82) is 0 Å². The zero-order valence-electron chi connectivity index (χ0n) is 20.5. The first-order valence-electron chi connectivity index (χ1n) is 12.2. The quantitative estimate of drug-likeness (QED) is 0.307. The molecule has 0 aliphatic carbocycles. The molecule has 1 atom stereocenters. The van der Waals surface area contributed by atoms with Crippen molar-refractivity contribution in [2.45, 2.75) is 19.6 Å². The Morgan fingerprint density at radius 2 is 1.00 bits per heavy atom. The van der Waals surface area contributed by atoms with Crippen LogP contribution in [0, 0.1) is 0 Å². The maximum Gasteiger partial charge on any atom is 0.243 e. The maximum atomic E-state index is 8.98. The van der Waals surface area contributed by atoms with E-state index in [1.807, 2.05) is 34.9 Å². The monoisotopic (exact) mass is 460 g/mol. The molecule has 4 aromatic carbocycles. The Kier molecular flexibility index (Phi) is 7.97. The van der Waals surface area contributed by atoms with Gasteiger partial charge in [-0.15, -0.1) is 0 Å². The molecule has 3 nitrogen and oxygen atoms in total. The third-order valence-corrected chi connectivity index (χ3v) is 6.50. The molecule has 0 amide bonds. The molecule has 0 fully saturated rings. The molecule has 1 heterocycles. The molecule has 0 spiro atoms. The van der Waals surface area contributed by atoms with Crippen LogP contribution in [0.3, 0.4) is 0 Å². The molecule has 4 heteroatoms. The first-order valence-corrected chi connectivity index (χ1v) is 12.2. The van der Waals surface area contributed by atoms with Crippen molar-refractivity contribution in [2.75, 3.05) is 0 Å². The van der Waals surface area contributed by atoms with Crippen LogP contribution in [0.15, 0.2) is 140 Å². The summed E-state index contributed by atoms with van der Waals surface area (Å²) in [5.74, 6) is 0. The normalized spacial score (nSPS) is 11.9. The smallest absolute Gasteiger partial charge is 0.243 e. The summed E-state index contributed by atoms with van der Waals surface area (Å²) in [6.45, 7) is 2.45. The van der Waals surface area contributed by atoms with Gasteiger partial charge in [-0.1, -0.05) is 121 Å². The molecule has 0 bridgehead atoms. The van der Waals surface area contributed by atoms with E-state index in [1.165, 1.54) is 21.9 Å². The maximum absolute atomic E-state index is 8.98. The number of hydrogen-bond acceptors (Lipinski definition) is 1. The second kappa shape index (κ2) is 11.5. The van der Waals surface area contributed by atoms with E-state index < -0.39 is 6.15 Å². The lowest BCUT2D eigenvalue weighted by atomic mass is 9.13. The highest BCUT2D eigenvalue weighted by Crippen LogP contribution is 2.09. The third-order valence-electron chi connectivity index (χ3n) is 6.50. The largest absolute Gasteiger partial charge is 0.389 e. The highest BCUT2D eigenvalue weighted by Gasteiger charge is 2.30. The molecule has 0 radical (unpaired) electrons. The number of aromatic nitrogens is 2. The van der Waals surface area contributed by atoms with Gasteiger partial charge in [-0.25, -0.2) is 9.13 Å². The Labute approximate surface area is 208 Å². The molecular formula is C31H33BN2O. The molecule has 5 aromatic rings. The molecule has 1 aromatic heterocycles. The minimum absolute atomic E-state index is 0.271. The van der Waals surface area contributed by atoms with Crippen LogP contribution in [0.2, 0.25) is 0 Å².